The van der Waals surface area contributed by atoms with Gasteiger partial charge in [-0.15, -0.1) is 0 Å². The van der Waals surface area contributed by atoms with Gasteiger partial charge < -0.3 is 19.9 Å². The molecule has 1 aliphatic rings. The summed E-state index contributed by atoms with van der Waals surface area (Å²) in [6, 6.07) is 12.5. The molecule has 1 saturated heterocycles. The minimum absolute atomic E-state index is 0.0551. The maximum atomic E-state index is 12.6. The highest BCUT2D eigenvalue weighted by atomic mass is 16.3. The Morgan fingerprint density at radius 3 is 2.75 bits per heavy atom. The summed E-state index contributed by atoms with van der Waals surface area (Å²) in [5.74, 6) is 0. The normalized spacial score (nSPS) is 17.0. The second-order valence-electron chi connectivity index (χ2n) is 5.94. The van der Waals surface area contributed by atoms with E-state index in [0.717, 1.165) is 18.4 Å². The number of aromatic nitrogens is 1. The number of nitrogens with zero attached hydrogens (tertiary/aromatic N) is 2. The van der Waals surface area contributed by atoms with Crippen LogP contribution in [0.25, 0.3) is 0 Å². The van der Waals surface area contributed by atoms with Gasteiger partial charge in [0.2, 0.25) is 0 Å². The van der Waals surface area contributed by atoms with Crippen molar-refractivity contribution in [2.24, 2.45) is 0 Å². The number of likely N-dealkylation sites (tertiary alicyclic amines) is 1. The largest absolute Gasteiger partial charge is 0.394 e. The monoisotopic (exact) mass is 327 g/mol. The van der Waals surface area contributed by atoms with E-state index in [4.69, 9.17) is 0 Å². The third kappa shape index (κ3) is 3.49. The molecule has 1 aromatic heterocycles. The van der Waals surface area contributed by atoms with Gasteiger partial charge in [0.25, 0.3) is 5.56 Å². The Balaban J connectivity index is 1.76. The van der Waals surface area contributed by atoms with Crippen LogP contribution in [0.3, 0.4) is 0 Å². The molecule has 1 atom stereocenters. The molecule has 0 saturated carbocycles. The first-order chi connectivity index (χ1) is 11.7. The molecule has 0 aliphatic carbocycles. The molecule has 2 amide bonds. The van der Waals surface area contributed by atoms with Crippen molar-refractivity contribution in [2.75, 3.05) is 18.5 Å². The highest BCUT2D eigenvalue weighted by Gasteiger charge is 2.28. The lowest BCUT2D eigenvalue weighted by Crippen LogP contribution is -2.41. The summed E-state index contributed by atoms with van der Waals surface area (Å²) in [5, 5.41) is 12.0. The van der Waals surface area contributed by atoms with Crippen molar-refractivity contribution in [2.45, 2.75) is 25.4 Å². The fourth-order valence-corrected chi connectivity index (χ4v) is 3.02. The van der Waals surface area contributed by atoms with Crippen LogP contribution in [-0.4, -0.2) is 39.8 Å². The summed E-state index contributed by atoms with van der Waals surface area (Å²) in [7, 11) is 0. The predicted octanol–water partition coefficient (Wildman–Crippen LogP) is 1.89. The number of anilines is 1. The highest BCUT2D eigenvalue weighted by molar-refractivity contribution is 5.89. The smallest absolute Gasteiger partial charge is 0.322 e. The van der Waals surface area contributed by atoms with Crippen LogP contribution < -0.4 is 10.9 Å². The summed E-state index contributed by atoms with van der Waals surface area (Å²) < 4.78 is 1.57. The highest BCUT2D eigenvalue weighted by Crippen LogP contribution is 2.17. The van der Waals surface area contributed by atoms with Crippen molar-refractivity contribution in [1.29, 1.82) is 0 Å². The first kappa shape index (κ1) is 16.3. The molecule has 1 aliphatic heterocycles. The van der Waals surface area contributed by atoms with Crippen molar-refractivity contribution in [3.63, 3.8) is 0 Å². The molecule has 0 radical (unpaired) electrons. The van der Waals surface area contributed by atoms with E-state index in [1.807, 2.05) is 30.3 Å². The SMILES string of the molecule is O=C(Nc1cccn(Cc2ccccc2)c1=O)N1CCC[C@@H]1CO. The van der Waals surface area contributed by atoms with Crippen molar-refractivity contribution in [1.82, 2.24) is 9.47 Å². The molecule has 2 heterocycles. The van der Waals surface area contributed by atoms with Gasteiger partial charge in [0, 0.05) is 12.7 Å². The Hall–Kier alpha value is -2.60. The van der Waals surface area contributed by atoms with Gasteiger partial charge in [-0.2, -0.15) is 0 Å². The number of hydrogen-bond acceptors (Lipinski definition) is 3. The number of aliphatic hydroxyl groups excluding tert-OH is 1. The fourth-order valence-electron chi connectivity index (χ4n) is 3.02. The predicted molar refractivity (Wildman–Crippen MR) is 92.1 cm³/mol. The van der Waals surface area contributed by atoms with Crippen molar-refractivity contribution < 1.29 is 9.90 Å². The van der Waals surface area contributed by atoms with Gasteiger partial charge in [-0.1, -0.05) is 30.3 Å². The number of amides is 2. The van der Waals surface area contributed by atoms with Crippen LogP contribution in [0.1, 0.15) is 18.4 Å². The van der Waals surface area contributed by atoms with E-state index in [2.05, 4.69) is 5.32 Å². The second kappa shape index (κ2) is 7.31. The molecule has 1 aromatic carbocycles. The number of rotatable bonds is 4. The van der Waals surface area contributed by atoms with Gasteiger partial charge in [-0.25, -0.2) is 4.79 Å². The minimum Gasteiger partial charge on any atom is -0.394 e. The van der Waals surface area contributed by atoms with E-state index in [1.165, 1.54) is 0 Å². The standard InChI is InChI=1S/C18H21N3O3/c22-13-15-8-4-11-21(15)18(24)19-16-9-5-10-20(17(16)23)12-14-6-2-1-3-7-14/h1-3,5-7,9-10,15,22H,4,8,11-13H2,(H,19,24)/t15-/m1/s1. The first-order valence-electron chi connectivity index (χ1n) is 8.11. The Kier molecular flexibility index (Phi) is 4.96. The maximum absolute atomic E-state index is 12.6. The summed E-state index contributed by atoms with van der Waals surface area (Å²) in [4.78, 5) is 26.5. The molecule has 24 heavy (non-hydrogen) atoms. The van der Waals surface area contributed by atoms with Crippen LogP contribution in [0.2, 0.25) is 0 Å². The molecule has 0 spiro atoms. The quantitative estimate of drug-likeness (QED) is 0.900. The van der Waals surface area contributed by atoms with E-state index in [0.29, 0.717) is 13.1 Å². The summed E-state index contributed by atoms with van der Waals surface area (Å²) >= 11 is 0. The summed E-state index contributed by atoms with van der Waals surface area (Å²) in [6.07, 6.45) is 3.36. The molecular formula is C18H21N3O3. The van der Waals surface area contributed by atoms with Crippen molar-refractivity contribution >= 4 is 11.7 Å². The van der Waals surface area contributed by atoms with Gasteiger partial charge in [-0.05, 0) is 30.5 Å². The molecule has 2 N–H and O–H groups in total. The van der Waals surface area contributed by atoms with Crippen LogP contribution in [0.5, 0.6) is 0 Å². The van der Waals surface area contributed by atoms with Crippen LogP contribution in [0.4, 0.5) is 10.5 Å². The van der Waals surface area contributed by atoms with E-state index >= 15 is 0 Å². The lowest BCUT2D eigenvalue weighted by molar-refractivity contribution is 0.166. The van der Waals surface area contributed by atoms with E-state index in [1.54, 1.807) is 27.8 Å². The second-order valence-corrected chi connectivity index (χ2v) is 5.94. The Labute approximate surface area is 140 Å². The third-order valence-electron chi connectivity index (χ3n) is 4.31. The molecule has 3 rings (SSSR count). The maximum Gasteiger partial charge on any atom is 0.322 e. The molecule has 6 nitrogen and oxygen atoms in total. The fraction of sp³-hybridized carbons (Fsp3) is 0.333. The van der Waals surface area contributed by atoms with Crippen LogP contribution in [-0.2, 0) is 6.54 Å². The number of pyridine rings is 1. The van der Waals surface area contributed by atoms with E-state index < -0.39 is 0 Å². The Morgan fingerprint density at radius 2 is 2.00 bits per heavy atom. The number of benzene rings is 1. The van der Waals surface area contributed by atoms with Crippen LogP contribution in [0, 0.1) is 0 Å². The number of nitrogens with one attached hydrogen (secondary N) is 1. The topological polar surface area (TPSA) is 74.6 Å². The zero-order valence-electron chi connectivity index (χ0n) is 13.4. The van der Waals surface area contributed by atoms with Gasteiger partial charge >= 0.3 is 6.03 Å². The average Bonchev–Trinajstić information content (AvgIpc) is 3.08. The number of carbonyl (C=O) groups excluding carboxylic acids is 1. The molecule has 2 aromatic rings. The lowest BCUT2D eigenvalue weighted by atomic mass is 10.2. The minimum atomic E-state index is -0.332. The van der Waals surface area contributed by atoms with Gasteiger partial charge in [-0.3, -0.25) is 4.79 Å². The molecule has 126 valence electrons. The molecule has 0 bridgehead atoms. The van der Waals surface area contributed by atoms with Gasteiger partial charge in [0.1, 0.15) is 5.69 Å². The van der Waals surface area contributed by atoms with Gasteiger partial charge in [0.05, 0.1) is 19.2 Å². The summed E-state index contributed by atoms with van der Waals surface area (Å²) in [5.41, 5.74) is 1.03. The van der Waals surface area contributed by atoms with Crippen LogP contribution in [0.15, 0.2) is 53.5 Å². The molecule has 0 unspecified atom stereocenters. The van der Waals surface area contributed by atoms with E-state index in [9.17, 15) is 14.7 Å². The van der Waals surface area contributed by atoms with Crippen LogP contribution >= 0.6 is 0 Å². The van der Waals surface area contributed by atoms with Crippen molar-refractivity contribution in [3.8, 4) is 0 Å². The molecular weight excluding hydrogens is 306 g/mol. The number of hydrogen-bond donors (Lipinski definition) is 2. The Bertz CT molecular complexity index is 758. The first-order valence-corrected chi connectivity index (χ1v) is 8.11. The number of aliphatic hydroxyl groups is 1. The molecule has 1 fully saturated rings. The van der Waals surface area contributed by atoms with Crippen molar-refractivity contribution in [3.05, 3.63) is 64.6 Å². The summed E-state index contributed by atoms with van der Waals surface area (Å²) in [6.45, 7) is 0.995. The number of carbonyl (C=O) groups is 1. The third-order valence-corrected chi connectivity index (χ3v) is 4.31. The average molecular weight is 327 g/mol. The number of urea groups is 1. The zero-order chi connectivity index (χ0) is 16.9. The van der Waals surface area contributed by atoms with E-state index in [-0.39, 0.29) is 29.9 Å². The van der Waals surface area contributed by atoms with Gasteiger partial charge in [0.15, 0.2) is 0 Å². The zero-order valence-corrected chi connectivity index (χ0v) is 13.4. The lowest BCUT2D eigenvalue weighted by Gasteiger charge is -2.23. The molecule has 6 heteroatoms. The Morgan fingerprint density at radius 1 is 1.21 bits per heavy atom.